The van der Waals surface area contributed by atoms with Crippen molar-refractivity contribution in [2.75, 3.05) is 6.26 Å². The topological polar surface area (TPSA) is 29.1 Å². The van der Waals surface area contributed by atoms with E-state index in [0.717, 1.165) is 12.8 Å². The molecule has 0 unspecified atom stereocenters. The maximum atomic E-state index is 11.8. The summed E-state index contributed by atoms with van der Waals surface area (Å²) in [6.45, 7) is 3.99. The van der Waals surface area contributed by atoms with Crippen LogP contribution in [-0.2, 0) is 4.79 Å². The summed E-state index contributed by atoms with van der Waals surface area (Å²) >= 11 is 1.63. The van der Waals surface area contributed by atoms with Gasteiger partial charge in [-0.2, -0.15) is 0 Å². The zero-order valence-corrected chi connectivity index (χ0v) is 9.49. The lowest BCUT2D eigenvalue weighted by Crippen LogP contribution is -2.34. The highest BCUT2D eigenvalue weighted by Gasteiger charge is 2.33. The van der Waals surface area contributed by atoms with Crippen LogP contribution in [0, 0.1) is 11.8 Å². The molecule has 13 heavy (non-hydrogen) atoms. The lowest BCUT2D eigenvalue weighted by molar-refractivity contribution is -0.126. The molecule has 0 bridgehead atoms. The van der Waals surface area contributed by atoms with Gasteiger partial charge in [-0.3, -0.25) is 9.52 Å². The minimum Gasteiger partial charge on any atom is -0.299 e. The Labute approximate surface area is 85.0 Å². The van der Waals surface area contributed by atoms with Gasteiger partial charge in [0.1, 0.15) is 5.78 Å². The first-order valence-electron chi connectivity index (χ1n) is 4.99. The van der Waals surface area contributed by atoms with Gasteiger partial charge in [-0.25, -0.2) is 0 Å². The van der Waals surface area contributed by atoms with Crippen molar-refractivity contribution in [3.8, 4) is 0 Å². The SMILES string of the molecule is CSN[C@H]1CCC[C@@H]1C(=O)C(C)C. The molecule has 2 nitrogen and oxygen atoms in total. The summed E-state index contributed by atoms with van der Waals surface area (Å²) in [6, 6.07) is 0.421. The molecule has 0 aromatic rings. The number of hydrogen-bond donors (Lipinski definition) is 1. The first kappa shape index (κ1) is 11.1. The van der Waals surface area contributed by atoms with Crippen LogP contribution in [0.25, 0.3) is 0 Å². The van der Waals surface area contributed by atoms with Gasteiger partial charge in [-0.1, -0.05) is 32.2 Å². The highest BCUT2D eigenvalue weighted by molar-refractivity contribution is 7.96. The molecule has 76 valence electrons. The Hall–Kier alpha value is -0.0200. The quantitative estimate of drug-likeness (QED) is 0.707. The van der Waals surface area contributed by atoms with Gasteiger partial charge in [0.2, 0.25) is 0 Å². The largest absolute Gasteiger partial charge is 0.299 e. The van der Waals surface area contributed by atoms with Crippen molar-refractivity contribution in [1.29, 1.82) is 0 Å². The van der Waals surface area contributed by atoms with E-state index in [9.17, 15) is 4.79 Å². The van der Waals surface area contributed by atoms with Crippen LogP contribution in [0.3, 0.4) is 0 Å². The molecular formula is C10H19NOS. The van der Waals surface area contributed by atoms with Crippen molar-refractivity contribution >= 4 is 17.7 Å². The number of ketones is 1. The van der Waals surface area contributed by atoms with Crippen molar-refractivity contribution in [2.45, 2.75) is 39.2 Å². The van der Waals surface area contributed by atoms with Crippen LogP contribution >= 0.6 is 11.9 Å². The van der Waals surface area contributed by atoms with Crippen LogP contribution in [0.15, 0.2) is 0 Å². The minimum absolute atomic E-state index is 0.189. The summed E-state index contributed by atoms with van der Waals surface area (Å²) < 4.78 is 3.33. The maximum Gasteiger partial charge on any atom is 0.140 e. The van der Waals surface area contributed by atoms with E-state index in [2.05, 4.69) is 4.72 Å². The number of hydrogen-bond acceptors (Lipinski definition) is 3. The van der Waals surface area contributed by atoms with E-state index in [1.165, 1.54) is 6.42 Å². The van der Waals surface area contributed by atoms with E-state index in [0.29, 0.717) is 11.8 Å². The molecule has 3 heteroatoms. The Morgan fingerprint density at radius 2 is 2.15 bits per heavy atom. The molecule has 0 aliphatic heterocycles. The molecule has 1 aliphatic rings. The van der Waals surface area contributed by atoms with Crippen molar-refractivity contribution in [3.63, 3.8) is 0 Å². The number of rotatable bonds is 4. The predicted molar refractivity (Wildman–Crippen MR) is 57.6 cm³/mol. The van der Waals surface area contributed by atoms with Crippen molar-refractivity contribution in [3.05, 3.63) is 0 Å². The molecule has 0 radical (unpaired) electrons. The fraction of sp³-hybridized carbons (Fsp3) is 0.900. The molecule has 1 aliphatic carbocycles. The standard InChI is InChI=1S/C10H19NOS/c1-7(2)10(12)8-5-4-6-9(8)11-13-3/h7-9,11H,4-6H2,1-3H3/t8-,9-/m0/s1. The normalized spacial score (nSPS) is 28.3. The fourth-order valence-corrected chi connectivity index (χ4v) is 2.61. The third-order valence-corrected chi connectivity index (χ3v) is 3.26. The van der Waals surface area contributed by atoms with Gasteiger partial charge in [0.05, 0.1) is 0 Å². The van der Waals surface area contributed by atoms with Crippen LogP contribution in [0.4, 0.5) is 0 Å². The monoisotopic (exact) mass is 201 g/mol. The number of carbonyl (C=O) groups is 1. The third kappa shape index (κ3) is 2.71. The van der Waals surface area contributed by atoms with Gasteiger partial charge in [0, 0.05) is 17.9 Å². The second-order valence-corrected chi connectivity index (χ2v) is 4.67. The summed E-state index contributed by atoms with van der Waals surface area (Å²) in [5.74, 6) is 0.894. The van der Waals surface area contributed by atoms with Crippen LogP contribution in [0.2, 0.25) is 0 Å². The molecule has 1 saturated carbocycles. The Balaban J connectivity index is 2.52. The van der Waals surface area contributed by atoms with Gasteiger partial charge in [-0.05, 0) is 19.1 Å². The van der Waals surface area contributed by atoms with Crippen molar-refractivity contribution in [1.82, 2.24) is 4.72 Å². The molecular weight excluding hydrogens is 182 g/mol. The molecule has 2 atom stereocenters. The second kappa shape index (κ2) is 5.01. The first-order chi connectivity index (χ1) is 6.16. The van der Waals surface area contributed by atoms with Gasteiger partial charge in [-0.15, -0.1) is 0 Å². The average Bonchev–Trinajstić information content (AvgIpc) is 2.52. The second-order valence-electron chi connectivity index (χ2n) is 4.02. The zero-order chi connectivity index (χ0) is 9.84. The molecule has 0 heterocycles. The summed E-state index contributed by atoms with van der Waals surface area (Å²) in [5.41, 5.74) is 0. The summed E-state index contributed by atoms with van der Waals surface area (Å²) in [5, 5.41) is 0. The Morgan fingerprint density at radius 1 is 1.46 bits per heavy atom. The highest BCUT2D eigenvalue weighted by atomic mass is 32.2. The number of carbonyl (C=O) groups excluding carboxylic acids is 1. The molecule has 0 saturated heterocycles. The van der Waals surface area contributed by atoms with E-state index < -0.39 is 0 Å². The molecule has 0 aromatic carbocycles. The highest BCUT2D eigenvalue weighted by Crippen LogP contribution is 2.29. The molecule has 1 N–H and O–H groups in total. The summed E-state index contributed by atoms with van der Waals surface area (Å²) in [6.07, 6.45) is 5.45. The van der Waals surface area contributed by atoms with Gasteiger partial charge in [0.15, 0.2) is 0 Å². The lowest BCUT2D eigenvalue weighted by atomic mass is 9.91. The number of Topliss-reactive ketones (excluding diaryl/α,β-unsaturated/α-hetero) is 1. The Bertz CT molecular complexity index is 182. The van der Waals surface area contributed by atoms with E-state index in [-0.39, 0.29) is 11.8 Å². The van der Waals surface area contributed by atoms with Crippen LogP contribution < -0.4 is 4.72 Å². The fourth-order valence-electron chi connectivity index (χ4n) is 2.02. The zero-order valence-electron chi connectivity index (χ0n) is 8.67. The van der Waals surface area contributed by atoms with Gasteiger partial charge in [0.25, 0.3) is 0 Å². The van der Waals surface area contributed by atoms with Crippen LogP contribution in [-0.4, -0.2) is 18.1 Å². The maximum absolute atomic E-state index is 11.8. The van der Waals surface area contributed by atoms with E-state index >= 15 is 0 Å². The molecule has 0 amide bonds. The van der Waals surface area contributed by atoms with E-state index in [1.807, 2.05) is 20.1 Å². The average molecular weight is 201 g/mol. The smallest absolute Gasteiger partial charge is 0.140 e. The summed E-state index contributed by atoms with van der Waals surface area (Å²) in [4.78, 5) is 11.8. The van der Waals surface area contributed by atoms with Crippen LogP contribution in [0.1, 0.15) is 33.1 Å². The van der Waals surface area contributed by atoms with E-state index in [1.54, 1.807) is 11.9 Å². The van der Waals surface area contributed by atoms with Gasteiger partial charge >= 0.3 is 0 Å². The van der Waals surface area contributed by atoms with Crippen LogP contribution in [0.5, 0.6) is 0 Å². The van der Waals surface area contributed by atoms with E-state index in [4.69, 9.17) is 0 Å². The first-order valence-corrected chi connectivity index (χ1v) is 6.21. The molecule has 0 aromatic heterocycles. The minimum atomic E-state index is 0.189. The Kier molecular flexibility index (Phi) is 4.26. The predicted octanol–water partition coefficient (Wildman–Crippen LogP) is 2.25. The van der Waals surface area contributed by atoms with Gasteiger partial charge < -0.3 is 0 Å². The Morgan fingerprint density at radius 3 is 2.69 bits per heavy atom. The third-order valence-electron chi connectivity index (χ3n) is 2.72. The summed E-state index contributed by atoms with van der Waals surface area (Å²) in [7, 11) is 0. The molecule has 1 fully saturated rings. The van der Waals surface area contributed by atoms with Crippen molar-refractivity contribution < 1.29 is 4.79 Å². The van der Waals surface area contributed by atoms with Crippen molar-refractivity contribution in [2.24, 2.45) is 11.8 Å². The molecule has 0 spiro atoms. The molecule has 1 rings (SSSR count). The lowest BCUT2D eigenvalue weighted by Gasteiger charge is -2.20. The number of nitrogens with one attached hydrogen (secondary N) is 1.